The zero-order valence-electron chi connectivity index (χ0n) is 9.58. The van der Waals surface area contributed by atoms with Crippen molar-refractivity contribution in [1.29, 1.82) is 5.41 Å². The summed E-state index contributed by atoms with van der Waals surface area (Å²) < 4.78 is 34.5. The van der Waals surface area contributed by atoms with Gasteiger partial charge in [0.05, 0.1) is 0 Å². The first-order valence-electron chi connectivity index (χ1n) is 5.80. The minimum atomic E-state index is -3.59. The molecule has 2 heterocycles. The molecular formula is C12H12F2N2O2. The van der Waals surface area contributed by atoms with Gasteiger partial charge in [-0.1, -0.05) is 0 Å². The molecule has 0 aliphatic carbocycles. The van der Waals surface area contributed by atoms with E-state index in [0.717, 1.165) is 19.4 Å². The summed E-state index contributed by atoms with van der Waals surface area (Å²) in [5.41, 5.74) is 0.694. The topological polar surface area (TPSA) is 45.6 Å². The first kappa shape index (κ1) is 11.3. The van der Waals surface area contributed by atoms with Crippen molar-refractivity contribution in [2.75, 3.05) is 11.4 Å². The van der Waals surface area contributed by atoms with Gasteiger partial charge in [0.15, 0.2) is 11.5 Å². The number of anilines is 1. The molecule has 1 saturated heterocycles. The first-order chi connectivity index (χ1) is 8.55. The second-order valence-electron chi connectivity index (χ2n) is 4.35. The third-order valence-electron chi connectivity index (χ3n) is 3.07. The lowest BCUT2D eigenvalue weighted by Crippen LogP contribution is -2.34. The predicted octanol–water partition coefficient (Wildman–Crippen LogP) is 2.98. The van der Waals surface area contributed by atoms with Crippen molar-refractivity contribution in [2.45, 2.75) is 25.6 Å². The van der Waals surface area contributed by atoms with Crippen LogP contribution in [0.2, 0.25) is 0 Å². The van der Waals surface area contributed by atoms with Crippen LogP contribution in [0.15, 0.2) is 18.2 Å². The van der Waals surface area contributed by atoms with Crippen LogP contribution in [0.3, 0.4) is 0 Å². The molecule has 96 valence electrons. The van der Waals surface area contributed by atoms with E-state index in [1.807, 2.05) is 4.90 Å². The van der Waals surface area contributed by atoms with Gasteiger partial charge >= 0.3 is 6.29 Å². The van der Waals surface area contributed by atoms with Crippen LogP contribution in [0.5, 0.6) is 11.5 Å². The number of halogens is 2. The fraction of sp³-hybridized carbons (Fsp3) is 0.417. The van der Waals surface area contributed by atoms with Gasteiger partial charge in [-0.05, 0) is 25.0 Å². The molecule has 1 aromatic carbocycles. The Labute approximate surface area is 103 Å². The smallest absolute Gasteiger partial charge is 0.395 e. The molecule has 4 nitrogen and oxygen atoms in total. The van der Waals surface area contributed by atoms with Crippen molar-refractivity contribution in [3.8, 4) is 11.5 Å². The van der Waals surface area contributed by atoms with Crippen LogP contribution in [-0.2, 0) is 0 Å². The van der Waals surface area contributed by atoms with Crippen LogP contribution in [0.1, 0.15) is 19.3 Å². The molecule has 0 saturated carbocycles. The first-order valence-corrected chi connectivity index (χ1v) is 5.80. The predicted molar refractivity (Wildman–Crippen MR) is 61.6 cm³/mol. The Balaban J connectivity index is 1.90. The number of benzene rings is 1. The lowest BCUT2D eigenvalue weighted by atomic mass is 10.1. The summed E-state index contributed by atoms with van der Waals surface area (Å²) in [6, 6.07) is 4.62. The van der Waals surface area contributed by atoms with E-state index in [-0.39, 0.29) is 11.5 Å². The third-order valence-corrected chi connectivity index (χ3v) is 3.07. The number of hydrogen-bond donors (Lipinski definition) is 1. The standard InChI is InChI=1S/C12H12F2N2O2/c13-12(14)17-9-5-4-8(7-10(9)18-12)16-6-2-1-3-11(16)15/h4-5,7,15H,1-3,6H2. The number of ether oxygens (including phenoxy) is 2. The average Bonchev–Trinajstić information content (AvgIpc) is 2.62. The van der Waals surface area contributed by atoms with E-state index >= 15 is 0 Å². The van der Waals surface area contributed by atoms with E-state index < -0.39 is 6.29 Å². The summed E-state index contributed by atoms with van der Waals surface area (Å²) in [6.45, 7) is 0.731. The van der Waals surface area contributed by atoms with Crippen LogP contribution in [0.25, 0.3) is 0 Å². The lowest BCUT2D eigenvalue weighted by molar-refractivity contribution is -0.286. The Bertz CT molecular complexity index is 505. The highest BCUT2D eigenvalue weighted by molar-refractivity contribution is 5.96. The Hall–Kier alpha value is -1.85. The van der Waals surface area contributed by atoms with Crippen LogP contribution in [0, 0.1) is 5.41 Å². The molecular weight excluding hydrogens is 242 g/mol. The molecule has 1 N–H and O–H groups in total. The fourth-order valence-corrected chi connectivity index (χ4v) is 2.22. The number of rotatable bonds is 1. The van der Waals surface area contributed by atoms with Crippen LogP contribution in [0.4, 0.5) is 14.5 Å². The fourth-order valence-electron chi connectivity index (χ4n) is 2.22. The third kappa shape index (κ3) is 1.87. The van der Waals surface area contributed by atoms with Gasteiger partial charge in [-0.15, -0.1) is 8.78 Å². The van der Waals surface area contributed by atoms with Gasteiger partial charge in [0.2, 0.25) is 0 Å². The molecule has 0 radical (unpaired) electrons. The number of piperidine rings is 1. The van der Waals surface area contributed by atoms with Crippen molar-refractivity contribution in [3.63, 3.8) is 0 Å². The maximum absolute atomic E-state index is 12.9. The summed E-state index contributed by atoms with van der Waals surface area (Å²) in [5, 5.41) is 7.86. The molecule has 6 heteroatoms. The molecule has 0 atom stereocenters. The van der Waals surface area contributed by atoms with Gasteiger partial charge in [0.1, 0.15) is 5.84 Å². The molecule has 0 spiro atoms. The van der Waals surface area contributed by atoms with Crippen LogP contribution in [-0.4, -0.2) is 18.7 Å². The monoisotopic (exact) mass is 254 g/mol. The lowest BCUT2D eigenvalue weighted by Gasteiger charge is -2.29. The highest BCUT2D eigenvalue weighted by Gasteiger charge is 2.43. The normalized spacial score (nSPS) is 21.2. The largest absolute Gasteiger partial charge is 0.586 e. The van der Waals surface area contributed by atoms with Gasteiger partial charge in [-0.2, -0.15) is 0 Å². The minimum Gasteiger partial charge on any atom is -0.395 e. The number of nitrogens with one attached hydrogen (secondary N) is 1. The number of nitrogens with zero attached hydrogens (tertiary/aromatic N) is 1. The summed E-state index contributed by atoms with van der Waals surface area (Å²) >= 11 is 0. The van der Waals surface area contributed by atoms with Crippen molar-refractivity contribution >= 4 is 11.5 Å². The number of hydrogen-bond acceptors (Lipinski definition) is 3. The zero-order valence-corrected chi connectivity index (χ0v) is 9.58. The summed E-state index contributed by atoms with van der Waals surface area (Å²) in [6.07, 6.45) is -0.883. The zero-order chi connectivity index (χ0) is 12.8. The Morgan fingerprint density at radius 3 is 2.72 bits per heavy atom. The minimum absolute atomic E-state index is 0.0240. The van der Waals surface area contributed by atoms with Crippen LogP contribution < -0.4 is 14.4 Å². The molecule has 1 fully saturated rings. The van der Waals surface area contributed by atoms with Gasteiger partial charge in [-0.3, -0.25) is 5.41 Å². The molecule has 2 aliphatic rings. The Morgan fingerprint density at radius 2 is 1.94 bits per heavy atom. The van der Waals surface area contributed by atoms with Crippen molar-refractivity contribution in [2.24, 2.45) is 0 Å². The summed E-state index contributed by atoms with van der Waals surface area (Å²) in [4.78, 5) is 1.81. The van der Waals surface area contributed by atoms with Crippen molar-refractivity contribution < 1.29 is 18.3 Å². The van der Waals surface area contributed by atoms with Crippen molar-refractivity contribution in [1.82, 2.24) is 0 Å². The highest BCUT2D eigenvalue weighted by Crippen LogP contribution is 2.43. The van der Waals surface area contributed by atoms with E-state index in [4.69, 9.17) is 5.41 Å². The second kappa shape index (κ2) is 3.83. The second-order valence-corrected chi connectivity index (χ2v) is 4.35. The van der Waals surface area contributed by atoms with Crippen LogP contribution >= 0.6 is 0 Å². The van der Waals surface area contributed by atoms with Gasteiger partial charge in [-0.25, -0.2) is 0 Å². The van der Waals surface area contributed by atoms with E-state index in [1.165, 1.54) is 12.1 Å². The molecule has 3 rings (SSSR count). The van der Waals surface area contributed by atoms with Gasteiger partial charge in [0.25, 0.3) is 0 Å². The molecule has 0 unspecified atom stereocenters. The maximum atomic E-state index is 12.9. The molecule has 18 heavy (non-hydrogen) atoms. The summed E-state index contributed by atoms with van der Waals surface area (Å²) in [5.74, 6) is 0.565. The van der Waals surface area contributed by atoms with E-state index in [1.54, 1.807) is 6.07 Å². The molecule has 0 amide bonds. The van der Waals surface area contributed by atoms with Crippen molar-refractivity contribution in [3.05, 3.63) is 18.2 Å². The molecule has 1 aromatic rings. The van der Waals surface area contributed by atoms with E-state index in [0.29, 0.717) is 17.9 Å². The van der Waals surface area contributed by atoms with Gasteiger partial charge in [0, 0.05) is 24.7 Å². The quantitative estimate of drug-likeness (QED) is 0.838. The Kier molecular flexibility index (Phi) is 2.39. The van der Waals surface area contributed by atoms with E-state index in [9.17, 15) is 8.78 Å². The summed E-state index contributed by atoms with van der Waals surface area (Å²) in [7, 11) is 0. The van der Waals surface area contributed by atoms with Gasteiger partial charge < -0.3 is 14.4 Å². The number of fused-ring (bicyclic) bond motifs is 1. The molecule has 2 aliphatic heterocycles. The SMILES string of the molecule is N=C1CCCCN1c1ccc2c(c1)OC(F)(F)O2. The number of amidine groups is 1. The maximum Gasteiger partial charge on any atom is 0.586 e. The Morgan fingerprint density at radius 1 is 1.17 bits per heavy atom. The average molecular weight is 254 g/mol. The molecule has 0 bridgehead atoms. The van der Waals surface area contributed by atoms with E-state index in [2.05, 4.69) is 9.47 Å². The highest BCUT2D eigenvalue weighted by atomic mass is 19.3. The number of alkyl halides is 2. The molecule has 0 aromatic heterocycles.